The molecule has 0 aliphatic carbocycles. The van der Waals surface area contributed by atoms with Gasteiger partial charge in [-0.3, -0.25) is 11.3 Å². The molecule has 1 unspecified atom stereocenters. The number of hydrogen-bond acceptors (Lipinski definition) is 2. The molecule has 0 aliphatic rings. The zero-order chi connectivity index (χ0) is 14.8. The Hall–Kier alpha value is -0.570. The number of hydrazine groups is 1. The van der Waals surface area contributed by atoms with E-state index >= 15 is 0 Å². The summed E-state index contributed by atoms with van der Waals surface area (Å²) in [7, 11) is 0. The topological polar surface area (TPSA) is 38.0 Å². The van der Waals surface area contributed by atoms with Crippen LogP contribution >= 0.6 is 11.6 Å². The van der Waals surface area contributed by atoms with Crippen LogP contribution in [0.1, 0.15) is 75.5 Å². The van der Waals surface area contributed by atoms with Gasteiger partial charge in [-0.15, -0.1) is 0 Å². The molecule has 0 amide bonds. The van der Waals surface area contributed by atoms with Gasteiger partial charge in [-0.1, -0.05) is 69.5 Å². The highest BCUT2D eigenvalue weighted by atomic mass is 35.5. The van der Waals surface area contributed by atoms with Gasteiger partial charge in [0.25, 0.3) is 0 Å². The van der Waals surface area contributed by atoms with Crippen LogP contribution in [-0.2, 0) is 0 Å². The fraction of sp³-hybridized carbons (Fsp3) is 0.647. The van der Waals surface area contributed by atoms with Crippen LogP contribution in [0.5, 0.6) is 0 Å². The van der Waals surface area contributed by atoms with Gasteiger partial charge in [0.15, 0.2) is 0 Å². The third-order valence-electron chi connectivity index (χ3n) is 3.76. The molecule has 0 saturated heterocycles. The van der Waals surface area contributed by atoms with Crippen LogP contribution in [0.3, 0.4) is 0 Å². The number of benzene rings is 1. The predicted octanol–water partition coefficient (Wildman–Crippen LogP) is 5.29. The molecular weight excluding hydrogens is 268 g/mol. The second kappa shape index (κ2) is 10.2. The number of halogens is 1. The van der Waals surface area contributed by atoms with E-state index in [1.807, 2.05) is 12.1 Å². The Morgan fingerprint density at radius 1 is 1.05 bits per heavy atom. The van der Waals surface area contributed by atoms with E-state index in [1.165, 1.54) is 56.1 Å². The predicted molar refractivity (Wildman–Crippen MR) is 88.9 cm³/mol. The Balaban J connectivity index is 2.32. The minimum Gasteiger partial charge on any atom is -0.271 e. The third kappa shape index (κ3) is 6.74. The van der Waals surface area contributed by atoms with Crippen LogP contribution in [0.15, 0.2) is 18.2 Å². The summed E-state index contributed by atoms with van der Waals surface area (Å²) in [6.45, 7) is 4.32. The van der Waals surface area contributed by atoms with Gasteiger partial charge in [-0.2, -0.15) is 0 Å². The van der Waals surface area contributed by atoms with E-state index in [0.29, 0.717) is 0 Å². The summed E-state index contributed by atoms with van der Waals surface area (Å²) in [5.74, 6) is 5.69. The van der Waals surface area contributed by atoms with Crippen molar-refractivity contribution in [2.45, 2.75) is 71.3 Å². The van der Waals surface area contributed by atoms with Gasteiger partial charge in [0, 0.05) is 11.1 Å². The standard InChI is InChI=1S/C17H29ClN2/c1-3-4-5-6-7-8-9-10-17(20-19)15-11-14(2)12-16(18)13-15/h11-13,17,20H,3-10,19H2,1-2H3. The van der Waals surface area contributed by atoms with Gasteiger partial charge in [0.1, 0.15) is 0 Å². The molecule has 1 rings (SSSR count). The van der Waals surface area contributed by atoms with Gasteiger partial charge in [0.05, 0.1) is 0 Å². The number of nitrogens with two attached hydrogens (primary N) is 1. The van der Waals surface area contributed by atoms with Gasteiger partial charge in [0.2, 0.25) is 0 Å². The average molecular weight is 297 g/mol. The minimum absolute atomic E-state index is 0.211. The number of aryl methyl sites for hydroxylation is 1. The van der Waals surface area contributed by atoms with Crippen molar-refractivity contribution in [1.82, 2.24) is 5.43 Å². The second-order valence-electron chi connectivity index (χ2n) is 5.69. The summed E-state index contributed by atoms with van der Waals surface area (Å²) < 4.78 is 0. The van der Waals surface area contributed by atoms with Crippen molar-refractivity contribution >= 4 is 11.6 Å². The maximum absolute atomic E-state index is 6.11. The van der Waals surface area contributed by atoms with Crippen molar-refractivity contribution in [3.05, 3.63) is 34.3 Å². The SMILES string of the molecule is CCCCCCCCCC(NN)c1cc(C)cc(Cl)c1. The van der Waals surface area contributed by atoms with E-state index in [9.17, 15) is 0 Å². The Labute approximate surface area is 129 Å². The van der Waals surface area contributed by atoms with Gasteiger partial charge in [-0.05, 0) is 36.6 Å². The lowest BCUT2D eigenvalue weighted by Gasteiger charge is -2.17. The van der Waals surface area contributed by atoms with E-state index in [-0.39, 0.29) is 6.04 Å². The van der Waals surface area contributed by atoms with Crippen LogP contribution in [-0.4, -0.2) is 0 Å². The second-order valence-corrected chi connectivity index (χ2v) is 6.13. The molecule has 0 aromatic heterocycles. The fourth-order valence-corrected chi connectivity index (χ4v) is 2.92. The van der Waals surface area contributed by atoms with E-state index in [2.05, 4.69) is 25.3 Å². The largest absolute Gasteiger partial charge is 0.271 e. The van der Waals surface area contributed by atoms with Crippen LogP contribution in [0.2, 0.25) is 5.02 Å². The molecule has 1 aromatic carbocycles. The fourth-order valence-electron chi connectivity index (χ4n) is 2.62. The van der Waals surface area contributed by atoms with Crippen molar-refractivity contribution in [2.24, 2.45) is 5.84 Å². The zero-order valence-corrected chi connectivity index (χ0v) is 13.7. The van der Waals surface area contributed by atoms with E-state index in [0.717, 1.165) is 11.4 Å². The first-order valence-electron chi connectivity index (χ1n) is 7.90. The molecule has 0 aliphatic heterocycles. The zero-order valence-electron chi connectivity index (χ0n) is 12.9. The molecule has 20 heavy (non-hydrogen) atoms. The summed E-state index contributed by atoms with van der Waals surface area (Å²) in [5.41, 5.74) is 5.31. The summed E-state index contributed by atoms with van der Waals surface area (Å²) >= 11 is 6.11. The van der Waals surface area contributed by atoms with Crippen LogP contribution < -0.4 is 11.3 Å². The highest BCUT2D eigenvalue weighted by Gasteiger charge is 2.10. The summed E-state index contributed by atoms with van der Waals surface area (Å²) in [6.07, 6.45) is 10.3. The molecule has 3 heteroatoms. The van der Waals surface area contributed by atoms with Crippen molar-refractivity contribution < 1.29 is 0 Å². The number of rotatable bonds is 10. The number of nitrogens with one attached hydrogen (secondary N) is 1. The van der Waals surface area contributed by atoms with Gasteiger partial charge < -0.3 is 0 Å². The maximum Gasteiger partial charge on any atom is 0.0460 e. The Morgan fingerprint density at radius 2 is 1.70 bits per heavy atom. The van der Waals surface area contributed by atoms with Crippen LogP contribution in [0, 0.1) is 6.92 Å². The molecule has 0 saturated carbocycles. The van der Waals surface area contributed by atoms with Crippen molar-refractivity contribution in [3.8, 4) is 0 Å². The van der Waals surface area contributed by atoms with E-state index in [1.54, 1.807) is 0 Å². The average Bonchev–Trinajstić information content (AvgIpc) is 2.41. The Morgan fingerprint density at radius 3 is 2.30 bits per heavy atom. The molecular formula is C17H29ClN2. The maximum atomic E-state index is 6.11. The third-order valence-corrected chi connectivity index (χ3v) is 3.98. The van der Waals surface area contributed by atoms with E-state index < -0.39 is 0 Å². The van der Waals surface area contributed by atoms with Crippen molar-refractivity contribution in [3.63, 3.8) is 0 Å². The normalized spacial score (nSPS) is 12.6. The smallest absolute Gasteiger partial charge is 0.0460 e. The Kier molecular flexibility index (Phi) is 8.92. The summed E-state index contributed by atoms with van der Waals surface area (Å²) in [4.78, 5) is 0. The first kappa shape index (κ1) is 17.5. The quantitative estimate of drug-likeness (QED) is 0.349. The molecule has 2 nitrogen and oxygen atoms in total. The molecule has 1 aromatic rings. The number of unbranched alkanes of at least 4 members (excludes halogenated alkanes) is 6. The van der Waals surface area contributed by atoms with E-state index in [4.69, 9.17) is 17.4 Å². The van der Waals surface area contributed by atoms with Gasteiger partial charge in [-0.25, -0.2) is 0 Å². The molecule has 3 N–H and O–H groups in total. The van der Waals surface area contributed by atoms with Gasteiger partial charge >= 0.3 is 0 Å². The highest BCUT2D eigenvalue weighted by Crippen LogP contribution is 2.24. The molecule has 0 radical (unpaired) electrons. The monoisotopic (exact) mass is 296 g/mol. The molecule has 1 atom stereocenters. The van der Waals surface area contributed by atoms with Crippen molar-refractivity contribution in [1.29, 1.82) is 0 Å². The van der Waals surface area contributed by atoms with Crippen molar-refractivity contribution in [2.75, 3.05) is 0 Å². The molecule has 0 heterocycles. The van der Waals surface area contributed by atoms with Crippen LogP contribution in [0.25, 0.3) is 0 Å². The lowest BCUT2D eigenvalue weighted by Crippen LogP contribution is -2.28. The summed E-state index contributed by atoms with van der Waals surface area (Å²) in [6, 6.07) is 6.37. The lowest BCUT2D eigenvalue weighted by molar-refractivity contribution is 0.475. The molecule has 0 spiro atoms. The summed E-state index contributed by atoms with van der Waals surface area (Å²) in [5, 5.41) is 0.791. The highest BCUT2D eigenvalue weighted by molar-refractivity contribution is 6.30. The molecule has 0 fully saturated rings. The first-order chi connectivity index (χ1) is 9.67. The number of hydrogen-bond donors (Lipinski definition) is 2. The van der Waals surface area contributed by atoms with Crippen LogP contribution in [0.4, 0.5) is 0 Å². The minimum atomic E-state index is 0.211. The molecule has 114 valence electrons. The Bertz CT molecular complexity index is 359. The first-order valence-corrected chi connectivity index (χ1v) is 8.28. The molecule has 0 bridgehead atoms. The lowest BCUT2D eigenvalue weighted by atomic mass is 9.98.